The minimum atomic E-state index is -1.23. The third kappa shape index (κ3) is 5.22. The third-order valence-corrected chi connectivity index (χ3v) is 4.49. The van der Waals surface area contributed by atoms with E-state index in [1.165, 1.54) is 0 Å². The van der Waals surface area contributed by atoms with Gasteiger partial charge in [-0.05, 0) is 30.0 Å². The molecule has 0 amide bonds. The maximum Gasteiger partial charge on any atom is 0.320 e. The zero-order valence-corrected chi connectivity index (χ0v) is 15.7. The molecule has 0 unspecified atom stereocenters. The van der Waals surface area contributed by atoms with Crippen LogP contribution in [0.25, 0.3) is 0 Å². The first-order valence-electron chi connectivity index (χ1n) is 7.48. The van der Waals surface area contributed by atoms with Gasteiger partial charge >= 0.3 is 5.97 Å². The van der Waals surface area contributed by atoms with Crippen molar-refractivity contribution in [3.05, 3.63) is 29.8 Å². The highest BCUT2D eigenvalue weighted by Gasteiger charge is 2.16. The van der Waals surface area contributed by atoms with Gasteiger partial charge in [-0.15, -0.1) is 0 Å². The Bertz CT molecular complexity index is 535. The number of carbonyl (C=O) groups is 1. The average molecular weight is 322 g/mol. The lowest BCUT2D eigenvalue weighted by atomic mass is 9.99. The summed E-state index contributed by atoms with van der Waals surface area (Å²) in [6.07, 6.45) is 1.98. The van der Waals surface area contributed by atoms with E-state index in [1.807, 2.05) is 38.1 Å². The molecule has 0 aliphatic rings. The second-order valence-electron chi connectivity index (χ2n) is 5.77. The van der Waals surface area contributed by atoms with Gasteiger partial charge in [-0.25, -0.2) is 4.79 Å². The van der Waals surface area contributed by atoms with Gasteiger partial charge in [0.2, 0.25) is 0 Å². The number of hydrogen-bond donors (Lipinski definition) is 0. The Morgan fingerprint density at radius 3 is 2.32 bits per heavy atom. The fourth-order valence-corrected chi connectivity index (χ4v) is 3.22. The number of benzene rings is 1. The van der Waals surface area contributed by atoms with Crippen LogP contribution in [0.15, 0.2) is 29.8 Å². The Labute approximate surface area is 135 Å². The van der Waals surface area contributed by atoms with E-state index in [4.69, 9.17) is 13.9 Å². The van der Waals surface area contributed by atoms with Gasteiger partial charge in [-0.2, -0.15) is 0 Å². The van der Waals surface area contributed by atoms with Crippen LogP contribution in [0, 0.1) is 11.8 Å². The molecule has 0 aromatic heterocycles. The van der Waals surface area contributed by atoms with Crippen LogP contribution < -0.4 is 14.7 Å². The summed E-state index contributed by atoms with van der Waals surface area (Å²) in [5, 5.41) is 0.919. The average Bonchev–Trinajstić information content (AvgIpc) is 2.49. The maximum absolute atomic E-state index is 12.3. The summed E-state index contributed by atoms with van der Waals surface area (Å²) in [7, 11) is 1.99. The van der Waals surface area contributed by atoms with Crippen LogP contribution in [0.3, 0.4) is 0 Å². The van der Waals surface area contributed by atoms with Crippen LogP contribution in [-0.2, 0) is 9.22 Å². The van der Waals surface area contributed by atoms with Crippen LogP contribution in [0.2, 0.25) is 0 Å². The van der Waals surface area contributed by atoms with Gasteiger partial charge in [0.15, 0.2) is 0 Å². The monoisotopic (exact) mass is 322 g/mol. The Balaban J connectivity index is 2.86. The highest BCUT2D eigenvalue weighted by molar-refractivity contribution is 6.50. The molecule has 1 rings (SSSR count). The molecule has 0 saturated carbocycles. The minimum Gasteiger partial charge on any atom is -0.517 e. The number of methoxy groups -OCH3 is 2. The largest absolute Gasteiger partial charge is 0.517 e. The van der Waals surface area contributed by atoms with Gasteiger partial charge in [0, 0.05) is 10.8 Å². The van der Waals surface area contributed by atoms with Crippen molar-refractivity contribution in [2.75, 3.05) is 14.2 Å². The Morgan fingerprint density at radius 2 is 1.82 bits per heavy atom. The molecule has 0 aliphatic carbocycles. The molecule has 0 fully saturated rings. The van der Waals surface area contributed by atoms with Crippen LogP contribution >= 0.6 is 0 Å². The van der Waals surface area contributed by atoms with E-state index in [0.717, 1.165) is 22.3 Å². The smallest absolute Gasteiger partial charge is 0.320 e. The predicted molar refractivity (Wildman–Crippen MR) is 91.6 cm³/mol. The molecule has 5 heteroatoms. The van der Waals surface area contributed by atoms with E-state index >= 15 is 0 Å². The van der Waals surface area contributed by atoms with Gasteiger partial charge in [0.1, 0.15) is 11.5 Å². The highest BCUT2D eigenvalue weighted by Crippen LogP contribution is 2.16. The van der Waals surface area contributed by atoms with Gasteiger partial charge in [0.05, 0.1) is 14.2 Å². The number of carbonyl (C=O) groups excluding carboxylic acids is 1. The zero-order valence-electron chi connectivity index (χ0n) is 14.3. The van der Waals surface area contributed by atoms with E-state index in [0.29, 0.717) is 5.92 Å². The van der Waals surface area contributed by atoms with E-state index in [1.54, 1.807) is 14.2 Å². The molecule has 4 nitrogen and oxygen atoms in total. The van der Waals surface area contributed by atoms with E-state index in [-0.39, 0.29) is 11.9 Å². The highest BCUT2D eigenvalue weighted by atomic mass is 28.2. The van der Waals surface area contributed by atoms with Crippen molar-refractivity contribution in [3.8, 4) is 11.5 Å². The lowest BCUT2D eigenvalue weighted by Crippen LogP contribution is -2.25. The molecule has 22 heavy (non-hydrogen) atoms. The first-order chi connectivity index (χ1) is 10.4. The fourth-order valence-electron chi connectivity index (χ4n) is 2.08. The second-order valence-corrected chi connectivity index (χ2v) is 7.11. The van der Waals surface area contributed by atoms with E-state index in [2.05, 4.69) is 13.8 Å². The predicted octanol–water partition coefficient (Wildman–Crippen LogP) is 2.19. The summed E-state index contributed by atoms with van der Waals surface area (Å²) in [6.45, 7) is 8.11. The van der Waals surface area contributed by atoms with Crippen molar-refractivity contribution < 1.29 is 18.7 Å². The standard InChI is InChI=1S/C17H26O4Si/c1-11(2)9-14(12(3)4)17(18)21-22-16-10-13(19-5)7-8-15(16)20-6/h7-12H,22H2,1-6H3. The van der Waals surface area contributed by atoms with Crippen molar-refractivity contribution in [2.45, 2.75) is 27.7 Å². The van der Waals surface area contributed by atoms with Gasteiger partial charge in [-0.3, -0.25) is 0 Å². The normalized spacial score (nSPS) is 12.3. The molecule has 0 heterocycles. The molecule has 0 saturated heterocycles. The quantitative estimate of drug-likeness (QED) is 0.570. The lowest BCUT2D eigenvalue weighted by molar-refractivity contribution is -0.130. The molecule has 122 valence electrons. The number of ether oxygens (including phenoxy) is 2. The second kappa shape index (κ2) is 8.63. The van der Waals surface area contributed by atoms with E-state index < -0.39 is 9.76 Å². The van der Waals surface area contributed by atoms with Crippen LogP contribution in [-0.4, -0.2) is 30.0 Å². The van der Waals surface area contributed by atoms with Gasteiger partial charge in [-0.1, -0.05) is 33.8 Å². The van der Waals surface area contributed by atoms with Gasteiger partial charge in [0.25, 0.3) is 9.76 Å². The SMILES string of the molecule is COc1ccc(OC)c([SiH2]OC(=O)C(=CC(C)C)C(C)C)c1. The molecule has 0 aliphatic heterocycles. The molecule has 1 aromatic carbocycles. The number of allylic oxidation sites excluding steroid dienone is 1. The molecule has 0 atom stereocenters. The van der Waals surface area contributed by atoms with Crippen LogP contribution in [0.1, 0.15) is 27.7 Å². The third-order valence-electron chi connectivity index (χ3n) is 3.22. The van der Waals surface area contributed by atoms with Crippen molar-refractivity contribution >= 4 is 20.9 Å². The number of rotatable bonds is 7. The summed E-state index contributed by atoms with van der Waals surface area (Å²) in [4.78, 5) is 12.3. The summed E-state index contributed by atoms with van der Waals surface area (Å²) < 4.78 is 16.1. The topological polar surface area (TPSA) is 44.8 Å². The fraction of sp³-hybridized carbons (Fsp3) is 0.471. The lowest BCUT2D eigenvalue weighted by Gasteiger charge is -2.14. The maximum atomic E-state index is 12.3. The van der Waals surface area contributed by atoms with Crippen LogP contribution in [0.4, 0.5) is 0 Å². The molecule has 0 radical (unpaired) electrons. The van der Waals surface area contributed by atoms with Gasteiger partial charge < -0.3 is 13.9 Å². The summed E-state index contributed by atoms with van der Waals surface area (Å²) in [5.41, 5.74) is 0.740. The number of hydrogen-bond acceptors (Lipinski definition) is 4. The molecule has 0 spiro atoms. The Kier molecular flexibility index (Phi) is 7.18. The minimum absolute atomic E-state index is 0.149. The molecule has 0 N–H and O–H groups in total. The zero-order chi connectivity index (χ0) is 16.7. The van der Waals surface area contributed by atoms with Crippen molar-refractivity contribution in [2.24, 2.45) is 11.8 Å². The molecule has 1 aromatic rings. The summed E-state index contributed by atoms with van der Waals surface area (Å²) in [5.74, 6) is 1.72. The Hall–Kier alpha value is -1.75. The first kappa shape index (κ1) is 18.3. The Morgan fingerprint density at radius 1 is 1.14 bits per heavy atom. The molecule has 0 bridgehead atoms. The summed E-state index contributed by atoms with van der Waals surface area (Å²) >= 11 is 0. The van der Waals surface area contributed by atoms with Crippen molar-refractivity contribution in [1.29, 1.82) is 0 Å². The van der Waals surface area contributed by atoms with E-state index in [9.17, 15) is 4.79 Å². The van der Waals surface area contributed by atoms with Crippen LogP contribution in [0.5, 0.6) is 11.5 Å². The van der Waals surface area contributed by atoms with Crippen molar-refractivity contribution in [3.63, 3.8) is 0 Å². The molecular formula is C17H26O4Si. The summed E-state index contributed by atoms with van der Waals surface area (Å²) in [6, 6.07) is 5.54. The first-order valence-corrected chi connectivity index (χ1v) is 8.77. The van der Waals surface area contributed by atoms with Crippen molar-refractivity contribution in [1.82, 2.24) is 0 Å². The molecular weight excluding hydrogens is 296 g/mol.